The van der Waals surface area contributed by atoms with Gasteiger partial charge in [0.15, 0.2) is 0 Å². The van der Waals surface area contributed by atoms with E-state index in [1.54, 1.807) is 0 Å². The standard InChI is InChI=1S/C31H27N2/c1-20-17-21(2)22(3)27(18-20)29-15-13-23-19-24(14-16-28(23)32(29)4)33-30-11-7-5-9-25(30)26-10-6-8-12-31(26)33/h5-19H,1-4H3/q+1. The number of para-hydroxylation sites is 2. The maximum Gasteiger partial charge on any atom is 0.213 e. The third-order valence-electron chi connectivity index (χ3n) is 7.08. The Kier molecular flexibility index (Phi) is 4.38. The number of benzene rings is 4. The van der Waals surface area contributed by atoms with Gasteiger partial charge in [0.05, 0.1) is 11.0 Å². The van der Waals surface area contributed by atoms with E-state index in [2.05, 4.69) is 128 Å². The van der Waals surface area contributed by atoms with Crippen LogP contribution >= 0.6 is 0 Å². The van der Waals surface area contributed by atoms with E-state index in [0.717, 1.165) is 0 Å². The van der Waals surface area contributed by atoms with Crippen molar-refractivity contribution in [3.05, 3.63) is 108 Å². The molecule has 2 aromatic heterocycles. The summed E-state index contributed by atoms with van der Waals surface area (Å²) >= 11 is 0. The summed E-state index contributed by atoms with van der Waals surface area (Å²) in [7, 11) is 2.18. The predicted octanol–water partition coefficient (Wildman–Crippen LogP) is 7.35. The quantitative estimate of drug-likeness (QED) is 0.255. The molecule has 2 nitrogen and oxygen atoms in total. The van der Waals surface area contributed by atoms with Gasteiger partial charge in [0, 0.05) is 39.5 Å². The molecule has 2 heteroatoms. The van der Waals surface area contributed by atoms with Gasteiger partial charge in [-0.3, -0.25) is 0 Å². The summed E-state index contributed by atoms with van der Waals surface area (Å²) < 4.78 is 4.71. The predicted molar refractivity (Wildman–Crippen MR) is 139 cm³/mol. The van der Waals surface area contributed by atoms with E-state index in [1.807, 2.05) is 0 Å². The molecule has 0 N–H and O–H groups in total. The molecule has 0 spiro atoms. The van der Waals surface area contributed by atoms with E-state index >= 15 is 0 Å². The second-order valence-corrected chi connectivity index (χ2v) is 9.14. The van der Waals surface area contributed by atoms with Crippen LogP contribution in [-0.4, -0.2) is 4.57 Å². The van der Waals surface area contributed by atoms with Crippen LogP contribution in [0, 0.1) is 20.8 Å². The topological polar surface area (TPSA) is 8.81 Å². The van der Waals surface area contributed by atoms with Crippen molar-refractivity contribution < 1.29 is 4.57 Å². The van der Waals surface area contributed by atoms with Gasteiger partial charge in [-0.05, 0) is 68.3 Å². The first-order valence-electron chi connectivity index (χ1n) is 11.5. The van der Waals surface area contributed by atoms with Gasteiger partial charge >= 0.3 is 0 Å². The lowest BCUT2D eigenvalue weighted by molar-refractivity contribution is -0.633. The molecule has 0 bridgehead atoms. The fourth-order valence-corrected chi connectivity index (χ4v) is 5.31. The van der Waals surface area contributed by atoms with Gasteiger partial charge in [0.25, 0.3) is 0 Å². The molecule has 0 aliphatic heterocycles. The Bertz CT molecular complexity index is 1650. The molecule has 4 aromatic carbocycles. The lowest BCUT2D eigenvalue weighted by Gasteiger charge is -2.12. The number of fused-ring (bicyclic) bond motifs is 4. The summed E-state index contributed by atoms with van der Waals surface area (Å²) in [6.45, 7) is 6.60. The molecule has 0 saturated heterocycles. The summed E-state index contributed by atoms with van der Waals surface area (Å²) in [4.78, 5) is 0. The molecule has 0 aliphatic rings. The van der Waals surface area contributed by atoms with Crippen molar-refractivity contribution in [2.75, 3.05) is 0 Å². The zero-order valence-electron chi connectivity index (χ0n) is 19.6. The third kappa shape index (κ3) is 2.98. The number of rotatable bonds is 2. The second-order valence-electron chi connectivity index (χ2n) is 9.14. The lowest BCUT2D eigenvalue weighted by Crippen LogP contribution is -2.32. The Balaban J connectivity index is 1.58. The monoisotopic (exact) mass is 427 g/mol. The Hall–Kier alpha value is -3.91. The first kappa shape index (κ1) is 19.8. The van der Waals surface area contributed by atoms with Crippen LogP contribution in [0.3, 0.4) is 0 Å². The largest absolute Gasteiger partial charge is 0.309 e. The van der Waals surface area contributed by atoms with Crippen LogP contribution in [0.4, 0.5) is 0 Å². The average Bonchev–Trinajstić information content (AvgIpc) is 3.16. The molecule has 6 rings (SSSR count). The maximum atomic E-state index is 2.38. The van der Waals surface area contributed by atoms with Crippen molar-refractivity contribution in [3.63, 3.8) is 0 Å². The van der Waals surface area contributed by atoms with Crippen molar-refractivity contribution in [3.8, 4) is 16.9 Å². The summed E-state index contributed by atoms with van der Waals surface area (Å²) in [5.74, 6) is 0. The van der Waals surface area contributed by atoms with Crippen molar-refractivity contribution >= 4 is 32.7 Å². The number of pyridine rings is 1. The summed E-state index contributed by atoms with van der Waals surface area (Å²) in [6.07, 6.45) is 0. The van der Waals surface area contributed by atoms with Gasteiger partial charge in [-0.25, -0.2) is 0 Å². The van der Waals surface area contributed by atoms with Crippen LogP contribution < -0.4 is 4.57 Å². The van der Waals surface area contributed by atoms with Gasteiger partial charge in [-0.2, -0.15) is 4.57 Å². The summed E-state index contributed by atoms with van der Waals surface area (Å²) in [5, 5.41) is 3.82. The smallest absolute Gasteiger partial charge is 0.213 e. The Morgan fingerprint density at radius 3 is 2.03 bits per heavy atom. The molecule has 0 saturated carbocycles. The van der Waals surface area contributed by atoms with Crippen molar-refractivity contribution in [2.45, 2.75) is 20.8 Å². The van der Waals surface area contributed by atoms with Gasteiger partial charge in [-0.1, -0.05) is 48.0 Å². The van der Waals surface area contributed by atoms with Gasteiger partial charge < -0.3 is 4.57 Å². The normalized spacial score (nSPS) is 11.6. The highest BCUT2D eigenvalue weighted by atomic mass is 15.0. The van der Waals surface area contributed by atoms with Crippen LogP contribution in [0.5, 0.6) is 0 Å². The van der Waals surface area contributed by atoms with Gasteiger partial charge in [-0.15, -0.1) is 0 Å². The van der Waals surface area contributed by atoms with Gasteiger partial charge in [0.2, 0.25) is 11.2 Å². The molecule has 0 aliphatic carbocycles. The molecule has 0 radical (unpaired) electrons. The summed E-state index contributed by atoms with van der Waals surface area (Å²) in [5.41, 5.74) is 11.4. The van der Waals surface area contributed by atoms with E-state index in [-0.39, 0.29) is 0 Å². The van der Waals surface area contributed by atoms with E-state index < -0.39 is 0 Å². The number of hydrogen-bond acceptors (Lipinski definition) is 0. The third-order valence-corrected chi connectivity index (χ3v) is 7.08. The van der Waals surface area contributed by atoms with Crippen LogP contribution in [0.25, 0.3) is 49.7 Å². The molecular weight excluding hydrogens is 400 g/mol. The lowest BCUT2D eigenvalue weighted by atomic mass is 9.97. The highest BCUT2D eigenvalue weighted by molar-refractivity contribution is 6.09. The van der Waals surface area contributed by atoms with E-state index in [4.69, 9.17) is 0 Å². The zero-order valence-corrected chi connectivity index (χ0v) is 19.6. The van der Waals surface area contributed by atoms with Crippen molar-refractivity contribution in [1.29, 1.82) is 0 Å². The minimum Gasteiger partial charge on any atom is -0.309 e. The fraction of sp³-hybridized carbons (Fsp3) is 0.129. The average molecular weight is 428 g/mol. The Labute approximate surface area is 194 Å². The van der Waals surface area contributed by atoms with Gasteiger partial charge in [0.1, 0.15) is 7.05 Å². The Morgan fingerprint density at radius 2 is 1.33 bits per heavy atom. The zero-order chi connectivity index (χ0) is 22.7. The molecule has 0 amide bonds. The van der Waals surface area contributed by atoms with Crippen molar-refractivity contribution in [2.24, 2.45) is 7.05 Å². The molecule has 2 heterocycles. The number of aryl methyl sites for hydroxylation is 3. The number of aromatic nitrogens is 2. The SMILES string of the molecule is Cc1cc(C)c(C)c(-c2ccc3cc(-n4c5ccccc5c5ccccc54)ccc3[n+]2C)c1. The minimum absolute atomic E-state index is 1.19. The van der Waals surface area contributed by atoms with E-state index in [9.17, 15) is 0 Å². The molecule has 0 fully saturated rings. The molecule has 6 aromatic rings. The summed E-state index contributed by atoms with van der Waals surface area (Å²) in [6, 6.07) is 33.3. The first-order chi connectivity index (χ1) is 16.0. The molecule has 0 unspecified atom stereocenters. The molecule has 0 atom stereocenters. The highest BCUT2D eigenvalue weighted by Gasteiger charge is 2.18. The van der Waals surface area contributed by atoms with Crippen LogP contribution in [0.15, 0.2) is 91.0 Å². The van der Waals surface area contributed by atoms with Crippen molar-refractivity contribution in [1.82, 2.24) is 4.57 Å². The molecule has 33 heavy (non-hydrogen) atoms. The highest BCUT2D eigenvalue weighted by Crippen LogP contribution is 2.33. The maximum absolute atomic E-state index is 2.38. The van der Waals surface area contributed by atoms with E-state index in [1.165, 1.54) is 66.3 Å². The number of nitrogens with zero attached hydrogens (tertiary/aromatic N) is 2. The van der Waals surface area contributed by atoms with Crippen LogP contribution in [0.2, 0.25) is 0 Å². The van der Waals surface area contributed by atoms with Crippen LogP contribution in [0.1, 0.15) is 16.7 Å². The fourth-order valence-electron chi connectivity index (χ4n) is 5.31. The van der Waals surface area contributed by atoms with E-state index in [0.29, 0.717) is 0 Å². The van der Waals surface area contributed by atoms with Crippen LogP contribution in [-0.2, 0) is 7.05 Å². The second kappa shape index (κ2) is 7.31. The number of hydrogen-bond donors (Lipinski definition) is 0. The molecular formula is C31H27N2+. The minimum atomic E-state index is 1.19. The molecule has 160 valence electrons. The first-order valence-corrected chi connectivity index (χ1v) is 11.5. The Morgan fingerprint density at radius 1 is 0.667 bits per heavy atom.